The van der Waals surface area contributed by atoms with Crippen LogP contribution in [-0.4, -0.2) is 64.8 Å². The molecule has 0 amide bonds. The van der Waals surface area contributed by atoms with Gasteiger partial charge in [0.2, 0.25) is 0 Å². The number of methoxy groups -OCH3 is 1. The Labute approximate surface area is 237 Å². The van der Waals surface area contributed by atoms with Gasteiger partial charge in [0.15, 0.2) is 23.2 Å². The van der Waals surface area contributed by atoms with Gasteiger partial charge in [0.1, 0.15) is 17.6 Å². The Morgan fingerprint density at radius 2 is 1.95 bits per heavy atom. The molecule has 0 fully saturated rings. The minimum Gasteiger partial charge on any atom is -0.497 e. The van der Waals surface area contributed by atoms with Crippen LogP contribution in [0.15, 0.2) is 65.6 Å². The number of nitrogens with one attached hydrogen (secondary N) is 3. The molecule has 216 valence electrons. The highest BCUT2D eigenvalue weighted by molar-refractivity contribution is 5.95. The van der Waals surface area contributed by atoms with Gasteiger partial charge in [-0.2, -0.15) is 4.68 Å². The largest absolute Gasteiger partial charge is 0.497 e. The first-order valence-electron chi connectivity index (χ1n) is 12.9. The summed E-state index contributed by atoms with van der Waals surface area (Å²) in [4.78, 5) is 21.9. The topological polar surface area (TPSA) is 147 Å². The monoisotopic (exact) mass is 562 g/mol. The lowest BCUT2D eigenvalue weighted by atomic mass is 9.94. The Morgan fingerprint density at radius 3 is 2.56 bits per heavy atom. The van der Waals surface area contributed by atoms with E-state index in [1.165, 1.54) is 19.2 Å². The van der Waals surface area contributed by atoms with E-state index in [4.69, 9.17) is 20.6 Å². The summed E-state index contributed by atoms with van der Waals surface area (Å²) >= 11 is 0. The Kier molecular flexibility index (Phi) is 8.72. The lowest BCUT2D eigenvalue weighted by Gasteiger charge is -2.28. The van der Waals surface area contributed by atoms with Gasteiger partial charge in [-0.15, -0.1) is 5.10 Å². The number of pyridine rings is 1. The minimum atomic E-state index is -0.969. The molecule has 2 aromatic carbocycles. The molecule has 1 atom stereocenters. The third-order valence-electron chi connectivity index (χ3n) is 6.23. The molecule has 2 heterocycles. The lowest BCUT2D eigenvalue weighted by Crippen LogP contribution is -2.33. The summed E-state index contributed by atoms with van der Waals surface area (Å²) in [5.74, 6) is 0.121. The van der Waals surface area contributed by atoms with Gasteiger partial charge in [-0.3, -0.25) is 10.4 Å². The number of rotatable bonds is 12. The number of ether oxygens (including phenoxy) is 2. The first kappa shape index (κ1) is 29.3. The zero-order valence-electron chi connectivity index (χ0n) is 23.7. The van der Waals surface area contributed by atoms with E-state index in [0.29, 0.717) is 22.8 Å². The number of nitrogens with zero attached hydrogens (tertiary/aromatic N) is 4. The number of aromatic amines is 1. The maximum absolute atomic E-state index is 16.3. The third kappa shape index (κ3) is 7.09. The van der Waals surface area contributed by atoms with E-state index in [9.17, 15) is 4.79 Å². The predicted octanol–water partition coefficient (Wildman–Crippen LogP) is 3.56. The second-order valence-corrected chi connectivity index (χ2v) is 10.7. The van der Waals surface area contributed by atoms with Crippen LogP contribution in [0.3, 0.4) is 0 Å². The Hall–Kier alpha value is -4.71. The molecule has 0 saturated carbocycles. The van der Waals surface area contributed by atoms with Crippen LogP contribution >= 0.6 is 0 Å². The van der Waals surface area contributed by atoms with E-state index in [0.717, 1.165) is 11.2 Å². The number of aromatic nitrogens is 4. The molecule has 0 radical (unpaired) electrons. The summed E-state index contributed by atoms with van der Waals surface area (Å²) in [6, 6.07) is 13.9. The van der Waals surface area contributed by atoms with Crippen molar-refractivity contribution in [3.8, 4) is 17.3 Å². The van der Waals surface area contributed by atoms with Crippen LogP contribution in [-0.2, 0) is 0 Å². The number of hydrogen-bond acceptors (Lipinski definition) is 8. The molecule has 1 unspecified atom stereocenters. The molecular weight excluding hydrogens is 527 g/mol. The van der Waals surface area contributed by atoms with Crippen molar-refractivity contribution < 1.29 is 13.9 Å². The van der Waals surface area contributed by atoms with Crippen LogP contribution < -0.4 is 26.2 Å². The van der Waals surface area contributed by atoms with E-state index >= 15 is 4.39 Å². The number of nitrogens with two attached hydrogens (primary N) is 1. The van der Waals surface area contributed by atoms with Crippen molar-refractivity contribution in [2.45, 2.75) is 19.9 Å². The SMILES string of the molecule is COc1cc(OCC(C)(C)CN(C)C)c(F)c(C(Nc2ccc(C(=N)N)cc2)c2nn(-c3ccccn3)c(=O)[nH]2)c1. The summed E-state index contributed by atoms with van der Waals surface area (Å²) in [6.07, 6.45) is 1.55. The average Bonchev–Trinajstić information content (AvgIpc) is 3.32. The molecule has 0 aliphatic rings. The maximum Gasteiger partial charge on any atom is 0.349 e. The van der Waals surface area contributed by atoms with E-state index in [1.54, 1.807) is 48.7 Å². The molecule has 0 bridgehead atoms. The Bertz CT molecular complexity index is 1550. The number of H-pyrrole nitrogens is 1. The zero-order chi connectivity index (χ0) is 29.7. The van der Waals surface area contributed by atoms with Crippen molar-refractivity contribution in [2.75, 3.05) is 39.7 Å². The van der Waals surface area contributed by atoms with Crippen LogP contribution in [0.25, 0.3) is 5.82 Å². The summed E-state index contributed by atoms with van der Waals surface area (Å²) in [5.41, 5.74) is 6.05. The number of anilines is 1. The van der Waals surface area contributed by atoms with Gasteiger partial charge in [-0.25, -0.2) is 14.2 Å². The van der Waals surface area contributed by atoms with Gasteiger partial charge in [0, 0.05) is 41.0 Å². The fourth-order valence-electron chi connectivity index (χ4n) is 4.51. The van der Waals surface area contributed by atoms with E-state index in [-0.39, 0.29) is 35.0 Å². The van der Waals surface area contributed by atoms with Crippen molar-refractivity contribution in [2.24, 2.45) is 11.1 Å². The molecule has 11 nitrogen and oxygen atoms in total. The summed E-state index contributed by atoms with van der Waals surface area (Å²) in [6.45, 7) is 5.06. The quantitative estimate of drug-likeness (QED) is 0.151. The Morgan fingerprint density at radius 1 is 1.22 bits per heavy atom. The van der Waals surface area contributed by atoms with Crippen molar-refractivity contribution in [3.63, 3.8) is 0 Å². The first-order chi connectivity index (χ1) is 19.5. The lowest BCUT2D eigenvalue weighted by molar-refractivity contribution is 0.137. The number of nitrogen functional groups attached to an aromatic ring is 1. The van der Waals surface area contributed by atoms with Gasteiger partial charge >= 0.3 is 5.69 Å². The van der Waals surface area contributed by atoms with E-state index in [2.05, 4.69) is 20.4 Å². The number of hydrogen-bond donors (Lipinski definition) is 4. The van der Waals surface area contributed by atoms with Crippen LogP contribution in [0.5, 0.6) is 11.5 Å². The Balaban J connectivity index is 1.80. The molecule has 0 saturated heterocycles. The molecule has 4 aromatic rings. The summed E-state index contributed by atoms with van der Waals surface area (Å²) in [5, 5.41) is 15.4. The van der Waals surface area contributed by atoms with Crippen molar-refractivity contribution >= 4 is 11.5 Å². The van der Waals surface area contributed by atoms with Crippen LogP contribution in [0.4, 0.5) is 10.1 Å². The van der Waals surface area contributed by atoms with E-state index in [1.807, 2.05) is 32.8 Å². The number of benzene rings is 2. The van der Waals surface area contributed by atoms with Crippen molar-refractivity contribution in [3.05, 3.63) is 94.0 Å². The minimum absolute atomic E-state index is 0.0106. The van der Waals surface area contributed by atoms with E-state index < -0.39 is 17.5 Å². The molecular formula is C29H35FN8O3. The van der Waals surface area contributed by atoms with Gasteiger partial charge < -0.3 is 25.4 Å². The molecule has 0 aliphatic carbocycles. The van der Waals surface area contributed by atoms with Gasteiger partial charge in [0.05, 0.1) is 13.7 Å². The highest BCUT2D eigenvalue weighted by Gasteiger charge is 2.28. The highest BCUT2D eigenvalue weighted by atomic mass is 19.1. The zero-order valence-corrected chi connectivity index (χ0v) is 23.7. The fourth-order valence-corrected chi connectivity index (χ4v) is 4.51. The van der Waals surface area contributed by atoms with Crippen LogP contribution in [0.1, 0.15) is 36.8 Å². The average molecular weight is 563 g/mol. The van der Waals surface area contributed by atoms with Gasteiger partial charge in [-0.05, 0) is 56.6 Å². The predicted molar refractivity (Wildman–Crippen MR) is 156 cm³/mol. The van der Waals surface area contributed by atoms with Gasteiger partial charge in [0.25, 0.3) is 0 Å². The first-order valence-corrected chi connectivity index (χ1v) is 12.9. The second-order valence-electron chi connectivity index (χ2n) is 10.7. The standard InChI is InChI=1S/C29H35FN8O3/c1-29(2,16-37(3)4)17-41-22-15-20(40-5)14-21(24(22)30)25(34-19-11-9-18(10-12-19)26(31)32)27-35-28(39)38(36-27)23-8-6-7-13-33-23/h6-15,25,34H,16-17H2,1-5H3,(H3,31,32)(H,35,36,39). The number of amidine groups is 1. The molecule has 4 rings (SSSR count). The van der Waals surface area contributed by atoms with Gasteiger partial charge in [-0.1, -0.05) is 19.9 Å². The van der Waals surface area contributed by atoms with Crippen LogP contribution in [0, 0.1) is 16.6 Å². The van der Waals surface area contributed by atoms with Crippen molar-refractivity contribution in [1.82, 2.24) is 24.6 Å². The number of halogens is 1. The smallest absolute Gasteiger partial charge is 0.349 e. The molecule has 41 heavy (non-hydrogen) atoms. The highest BCUT2D eigenvalue weighted by Crippen LogP contribution is 2.35. The fraction of sp³-hybridized carbons (Fsp3) is 0.310. The summed E-state index contributed by atoms with van der Waals surface area (Å²) in [7, 11) is 5.42. The molecule has 0 spiro atoms. The second kappa shape index (κ2) is 12.2. The van der Waals surface area contributed by atoms with Crippen LogP contribution in [0.2, 0.25) is 0 Å². The molecule has 5 N–H and O–H groups in total. The summed E-state index contributed by atoms with van der Waals surface area (Å²) < 4.78 is 28.9. The normalized spacial score (nSPS) is 12.3. The third-order valence-corrected chi connectivity index (χ3v) is 6.23. The van der Waals surface area contributed by atoms with Crippen molar-refractivity contribution in [1.29, 1.82) is 5.41 Å². The molecule has 12 heteroatoms. The maximum atomic E-state index is 16.3. The molecule has 2 aromatic heterocycles. The molecule has 0 aliphatic heterocycles.